The Morgan fingerprint density at radius 1 is 1.24 bits per heavy atom. The second kappa shape index (κ2) is 8.08. The van der Waals surface area contributed by atoms with Crippen LogP contribution in [0.4, 0.5) is 5.69 Å². The molecule has 0 radical (unpaired) electrons. The Labute approximate surface area is 172 Å². The molecule has 1 aliphatic carbocycles. The third-order valence-corrected chi connectivity index (χ3v) is 6.18. The quantitative estimate of drug-likeness (QED) is 0.598. The first-order chi connectivity index (χ1) is 14.0. The molecule has 6 N–H and O–H groups in total. The minimum atomic E-state index is -0.639. The molecule has 1 aliphatic heterocycles. The van der Waals surface area contributed by atoms with Gasteiger partial charge in [0.2, 0.25) is 0 Å². The van der Waals surface area contributed by atoms with Crippen molar-refractivity contribution in [2.24, 2.45) is 17.4 Å². The molecule has 2 aliphatic rings. The van der Waals surface area contributed by atoms with E-state index in [4.69, 9.17) is 16.2 Å². The van der Waals surface area contributed by atoms with E-state index in [1.807, 2.05) is 35.1 Å². The van der Waals surface area contributed by atoms with Crippen molar-refractivity contribution in [2.45, 2.75) is 57.7 Å². The first-order valence-electron chi connectivity index (χ1n) is 10.6. The molecular weight excluding hydrogens is 364 g/mol. The molecule has 1 saturated carbocycles. The predicted octanol–water partition coefficient (Wildman–Crippen LogP) is 3.24. The van der Waals surface area contributed by atoms with Gasteiger partial charge >= 0.3 is 0 Å². The number of rotatable bonds is 6. The van der Waals surface area contributed by atoms with Crippen LogP contribution in [0.5, 0.6) is 5.75 Å². The van der Waals surface area contributed by atoms with E-state index in [9.17, 15) is 0 Å². The molecule has 4 rings (SSSR count). The van der Waals surface area contributed by atoms with E-state index in [2.05, 4.69) is 29.6 Å². The second-order valence-electron chi connectivity index (χ2n) is 8.21. The minimum absolute atomic E-state index is 0.289. The lowest BCUT2D eigenvalue weighted by atomic mass is 9.75. The summed E-state index contributed by atoms with van der Waals surface area (Å²) < 4.78 is 7.62. The number of nitrogens with one attached hydrogen (secondary N) is 2. The summed E-state index contributed by atoms with van der Waals surface area (Å²) in [5, 5.41) is 3.56. The Morgan fingerprint density at radius 3 is 2.66 bits per heavy atom. The highest BCUT2D eigenvalue weighted by Crippen LogP contribution is 2.39. The van der Waals surface area contributed by atoms with Crippen LogP contribution in [0.1, 0.15) is 51.8 Å². The number of hydrogen-bond donors (Lipinski definition) is 4. The summed E-state index contributed by atoms with van der Waals surface area (Å²) in [4.78, 5) is 4.55. The van der Waals surface area contributed by atoms with Crippen molar-refractivity contribution in [3.8, 4) is 5.75 Å². The highest BCUT2D eigenvalue weighted by Gasteiger charge is 2.43. The van der Waals surface area contributed by atoms with Gasteiger partial charge in [-0.1, -0.05) is 6.92 Å². The number of anilines is 1. The van der Waals surface area contributed by atoms with Gasteiger partial charge < -0.3 is 26.9 Å². The van der Waals surface area contributed by atoms with Crippen molar-refractivity contribution in [1.82, 2.24) is 9.66 Å². The van der Waals surface area contributed by atoms with E-state index >= 15 is 0 Å². The number of nitrogens with zero attached hydrogens (tertiary/aromatic N) is 2. The summed E-state index contributed by atoms with van der Waals surface area (Å²) in [6.07, 6.45) is 8.76. The maximum absolute atomic E-state index is 7.00. The van der Waals surface area contributed by atoms with Gasteiger partial charge in [0.05, 0.1) is 12.3 Å². The molecule has 1 fully saturated rings. The maximum atomic E-state index is 7.00. The standard InChI is InChI=1S/C22H32N6O/c1-3-14-29-19-10-8-18(9-11-19)26-20-15(2)22(24,16-4-6-17(23)7-5-16)27-28-13-12-25-21(20)28/h8-13,16-17,26-27H,3-7,14,23-24H2,1-2H3. The first-order valence-corrected chi connectivity index (χ1v) is 10.6. The lowest BCUT2D eigenvalue weighted by Gasteiger charge is -2.46. The van der Waals surface area contributed by atoms with Gasteiger partial charge in [-0.3, -0.25) is 0 Å². The summed E-state index contributed by atoms with van der Waals surface area (Å²) >= 11 is 0. The Hall–Kier alpha value is -2.51. The molecule has 29 heavy (non-hydrogen) atoms. The van der Waals surface area contributed by atoms with Crippen LogP contribution in [-0.2, 0) is 0 Å². The summed E-state index contributed by atoms with van der Waals surface area (Å²) in [7, 11) is 0. The van der Waals surface area contributed by atoms with E-state index in [-0.39, 0.29) is 6.04 Å². The van der Waals surface area contributed by atoms with Gasteiger partial charge in [0, 0.05) is 30.0 Å². The zero-order valence-electron chi connectivity index (χ0n) is 17.3. The summed E-state index contributed by atoms with van der Waals surface area (Å²) in [6, 6.07) is 8.31. The molecule has 7 heteroatoms. The second-order valence-corrected chi connectivity index (χ2v) is 8.21. The summed E-state index contributed by atoms with van der Waals surface area (Å²) in [6.45, 7) is 4.92. The summed E-state index contributed by atoms with van der Waals surface area (Å²) in [5.41, 5.74) is 19.0. The number of nitrogens with two attached hydrogens (primary N) is 2. The number of hydrogen-bond acceptors (Lipinski definition) is 6. The van der Waals surface area contributed by atoms with Crippen LogP contribution in [0.3, 0.4) is 0 Å². The van der Waals surface area contributed by atoms with Crippen molar-refractivity contribution < 1.29 is 4.74 Å². The molecule has 0 amide bonds. The van der Waals surface area contributed by atoms with E-state index in [1.165, 1.54) is 0 Å². The molecular formula is C22H32N6O. The lowest BCUT2D eigenvalue weighted by Crippen LogP contribution is -2.61. The Morgan fingerprint density at radius 2 is 1.97 bits per heavy atom. The van der Waals surface area contributed by atoms with Gasteiger partial charge in [-0.15, -0.1) is 0 Å². The highest BCUT2D eigenvalue weighted by atomic mass is 16.5. The molecule has 0 spiro atoms. The number of aromatic nitrogens is 2. The van der Waals surface area contributed by atoms with E-state index in [0.717, 1.165) is 67.2 Å². The van der Waals surface area contributed by atoms with Crippen LogP contribution >= 0.6 is 0 Å². The largest absolute Gasteiger partial charge is 0.494 e. The molecule has 1 aromatic heterocycles. The topological polar surface area (TPSA) is 103 Å². The maximum Gasteiger partial charge on any atom is 0.175 e. The van der Waals surface area contributed by atoms with Crippen molar-refractivity contribution in [1.29, 1.82) is 0 Å². The van der Waals surface area contributed by atoms with Crippen molar-refractivity contribution in [3.05, 3.63) is 48.1 Å². The van der Waals surface area contributed by atoms with Crippen LogP contribution in [0.15, 0.2) is 42.2 Å². The normalized spacial score (nSPS) is 26.6. The molecule has 0 saturated heterocycles. The molecule has 0 bridgehead atoms. The van der Waals surface area contributed by atoms with Gasteiger partial charge in [-0.05, 0) is 68.9 Å². The monoisotopic (exact) mass is 396 g/mol. The third kappa shape index (κ3) is 3.84. The van der Waals surface area contributed by atoms with Crippen LogP contribution in [0, 0.1) is 5.92 Å². The first kappa shape index (κ1) is 19.8. The van der Waals surface area contributed by atoms with Gasteiger partial charge in [0.25, 0.3) is 0 Å². The number of imidazole rings is 1. The fourth-order valence-corrected chi connectivity index (χ4v) is 4.36. The smallest absolute Gasteiger partial charge is 0.175 e. The summed E-state index contributed by atoms with van der Waals surface area (Å²) in [5.74, 6) is 2.03. The van der Waals surface area contributed by atoms with Crippen LogP contribution < -0.4 is 26.9 Å². The van der Waals surface area contributed by atoms with Gasteiger partial charge in [0.15, 0.2) is 5.82 Å². The number of benzene rings is 1. The molecule has 7 nitrogen and oxygen atoms in total. The number of fused-ring (bicyclic) bond motifs is 1. The van der Waals surface area contributed by atoms with Gasteiger partial charge in [-0.25, -0.2) is 9.66 Å². The van der Waals surface area contributed by atoms with E-state index in [1.54, 1.807) is 6.20 Å². The van der Waals surface area contributed by atoms with Crippen LogP contribution in [-0.4, -0.2) is 28.0 Å². The van der Waals surface area contributed by atoms with Crippen LogP contribution in [0.25, 0.3) is 5.70 Å². The minimum Gasteiger partial charge on any atom is -0.494 e. The van der Waals surface area contributed by atoms with E-state index in [0.29, 0.717) is 5.92 Å². The molecule has 156 valence electrons. The van der Waals surface area contributed by atoms with Crippen LogP contribution in [0.2, 0.25) is 0 Å². The number of ether oxygens (including phenoxy) is 1. The Bertz CT molecular complexity index is 866. The third-order valence-electron chi connectivity index (χ3n) is 6.18. The fourth-order valence-electron chi connectivity index (χ4n) is 4.36. The van der Waals surface area contributed by atoms with Gasteiger partial charge in [0.1, 0.15) is 11.4 Å². The average Bonchev–Trinajstić information content (AvgIpc) is 3.19. The SMILES string of the molecule is CCCOc1ccc(NC2=C(C)C(N)(C3CCC(N)CC3)Nn3ccnc32)cc1. The Balaban J connectivity index is 1.62. The van der Waals surface area contributed by atoms with Crippen molar-refractivity contribution in [3.63, 3.8) is 0 Å². The molecule has 1 aromatic carbocycles. The fraction of sp³-hybridized carbons (Fsp3) is 0.500. The predicted molar refractivity (Wildman–Crippen MR) is 117 cm³/mol. The van der Waals surface area contributed by atoms with Crippen molar-refractivity contribution >= 4 is 11.4 Å². The van der Waals surface area contributed by atoms with E-state index < -0.39 is 5.66 Å². The zero-order chi connectivity index (χ0) is 20.4. The molecule has 2 heterocycles. The highest BCUT2D eigenvalue weighted by molar-refractivity contribution is 5.79. The Kier molecular flexibility index (Phi) is 5.52. The van der Waals surface area contributed by atoms with Crippen molar-refractivity contribution in [2.75, 3.05) is 17.3 Å². The average molecular weight is 397 g/mol. The molecule has 1 atom stereocenters. The lowest BCUT2D eigenvalue weighted by molar-refractivity contribution is 0.229. The zero-order valence-corrected chi connectivity index (χ0v) is 17.3. The van der Waals surface area contributed by atoms with Gasteiger partial charge in [-0.2, -0.15) is 0 Å². The molecule has 1 unspecified atom stereocenters. The molecule has 2 aromatic rings.